The highest BCUT2D eigenvalue weighted by Crippen LogP contribution is 2.15. The average Bonchev–Trinajstić information content (AvgIpc) is 2.15. The average molecular weight is 265 g/mol. The second-order valence-corrected chi connectivity index (χ2v) is 5.48. The van der Waals surface area contributed by atoms with E-state index in [1.165, 1.54) is 0 Å². The minimum Gasteiger partial charge on any atom is -0.287 e. The third-order valence-corrected chi connectivity index (χ3v) is 3.02. The zero-order chi connectivity index (χ0) is 13.1. The third-order valence-electron chi connectivity index (χ3n) is 1.77. The zero-order valence-corrected chi connectivity index (χ0v) is 10.2. The molecule has 0 aliphatic carbocycles. The van der Waals surface area contributed by atoms with Gasteiger partial charge < -0.3 is 0 Å². The Balaban J connectivity index is 2.83. The molecule has 1 rings (SSSR count). The first-order chi connectivity index (χ1) is 7.83. The fourth-order valence-corrected chi connectivity index (χ4v) is 1.89. The molecule has 0 spiro atoms. The molecule has 0 fully saturated rings. The first kappa shape index (κ1) is 14.0. The quantitative estimate of drug-likeness (QED) is 0.826. The number of hydrogen-bond acceptors (Lipinski definition) is 3. The third kappa shape index (κ3) is 4.03. The first-order valence-corrected chi connectivity index (χ1v) is 6.40. The minimum atomic E-state index is -4.12. The summed E-state index contributed by atoms with van der Waals surface area (Å²) in [7, 11) is -4.12. The van der Waals surface area contributed by atoms with Gasteiger partial charge in [-0.05, 0) is 18.1 Å². The smallest absolute Gasteiger partial charge is 0.265 e. The lowest BCUT2D eigenvalue weighted by Gasteiger charge is -2.09. The van der Waals surface area contributed by atoms with Crippen molar-refractivity contribution in [1.82, 2.24) is 4.89 Å². The number of sulfonamides is 1. The summed E-state index contributed by atoms with van der Waals surface area (Å²) in [6.45, 7) is 3.81. The van der Waals surface area contributed by atoms with Crippen molar-refractivity contribution >= 4 is 10.0 Å². The van der Waals surface area contributed by atoms with Gasteiger partial charge in [0.1, 0.15) is 16.5 Å². The van der Waals surface area contributed by atoms with Crippen LogP contribution in [0.4, 0.5) is 8.78 Å². The molecular formula is C10H13F2NO3S. The van der Waals surface area contributed by atoms with Crippen LogP contribution < -0.4 is 4.89 Å². The molecule has 0 saturated carbocycles. The molecule has 0 saturated heterocycles. The van der Waals surface area contributed by atoms with Gasteiger partial charge in [0.15, 0.2) is 0 Å². The summed E-state index contributed by atoms with van der Waals surface area (Å²) in [5.74, 6) is -1.88. The fraction of sp³-hybridized carbons (Fsp3) is 0.400. The van der Waals surface area contributed by atoms with Crippen LogP contribution in [0.2, 0.25) is 0 Å². The predicted molar refractivity (Wildman–Crippen MR) is 57.5 cm³/mol. The molecule has 0 amide bonds. The molecule has 0 bridgehead atoms. The lowest BCUT2D eigenvalue weighted by molar-refractivity contribution is 0.0717. The fourth-order valence-electron chi connectivity index (χ4n) is 1.02. The molecule has 1 N–H and O–H groups in total. The van der Waals surface area contributed by atoms with Crippen LogP contribution >= 0.6 is 0 Å². The van der Waals surface area contributed by atoms with Crippen molar-refractivity contribution in [2.24, 2.45) is 5.92 Å². The van der Waals surface area contributed by atoms with Gasteiger partial charge in [0.2, 0.25) is 0 Å². The van der Waals surface area contributed by atoms with E-state index in [1.54, 1.807) is 4.89 Å². The molecule has 0 heterocycles. The van der Waals surface area contributed by atoms with Crippen molar-refractivity contribution in [2.45, 2.75) is 18.7 Å². The van der Waals surface area contributed by atoms with Crippen LogP contribution in [0.1, 0.15) is 13.8 Å². The van der Waals surface area contributed by atoms with E-state index in [-0.39, 0.29) is 12.5 Å². The predicted octanol–water partition coefficient (Wildman–Crippen LogP) is 1.83. The number of rotatable bonds is 5. The Kier molecular flexibility index (Phi) is 4.55. The van der Waals surface area contributed by atoms with Gasteiger partial charge in [0.05, 0.1) is 6.61 Å². The monoisotopic (exact) mass is 265 g/mol. The van der Waals surface area contributed by atoms with Crippen molar-refractivity contribution in [3.63, 3.8) is 0 Å². The van der Waals surface area contributed by atoms with Gasteiger partial charge in [0, 0.05) is 6.07 Å². The Morgan fingerprint density at radius 2 is 2.00 bits per heavy atom. The van der Waals surface area contributed by atoms with Gasteiger partial charge in [-0.2, -0.15) is 0 Å². The van der Waals surface area contributed by atoms with Crippen molar-refractivity contribution in [3.05, 3.63) is 29.8 Å². The van der Waals surface area contributed by atoms with Crippen LogP contribution in [-0.4, -0.2) is 15.0 Å². The van der Waals surface area contributed by atoms with E-state index < -0.39 is 26.6 Å². The van der Waals surface area contributed by atoms with E-state index in [0.29, 0.717) is 6.07 Å². The van der Waals surface area contributed by atoms with E-state index in [1.807, 2.05) is 13.8 Å². The highest BCUT2D eigenvalue weighted by Gasteiger charge is 2.19. The lowest BCUT2D eigenvalue weighted by Crippen LogP contribution is -2.26. The highest BCUT2D eigenvalue weighted by molar-refractivity contribution is 7.89. The number of benzene rings is 1. The first-order valence-electron chi connectivity index (χ1n) is 4.91. The summed E-state index contributed by atoms with van der Waals surface area (Å²) in [4.78, 5) is 5.83. The van der Waals surface area contributed by atoms with Crippen molar-refractivity contribution in [3.8, 4) is 0 Å². The lowest BCUT2D eigenvalue weighted by atomic mass is 10.2. The molecule has 4 nitrogen and oxygen atoms in total. The molecule has 0 aliphatic heterocycles. The van der Waals surface area contributed by atoms with Crippen LogP contribution in [0.5, 0.6) is 0 Å². The van der Waals surface area contributed by atoms with Gasteiger partial charge >= 0.3 is 0 Å². The van der Waals surface area contributed by atoms with Crippen LogP contribution in [0.3, 0.4) is 0 Å². The Labute approximate surface area is 98.6 Å². The Morgan fingerprint density at radius 3 is 2.53 bits per heavy atom. The molecule has 0 radical (unpaired) electrons. The molecule has 7 heteroatoms. The number of nitrogens with one attached hydrogen (secondary N) is 1. The van der Waals surface area contributed by atoms with E-state index >= 15 is 0 Å². The minimum absolute atomic E-state index is 0.121. The maximum absolute atomic E-state index is 13.2. The van der Waals surface area contributed by atoms with Crippen molar-refractivity contribution in [2.75, 3.05) is 6.61 Å². The van der Waals surface area contributed by atoms with E-state index in [2.05, 4.69) is 0 Å². The van der Waals surface area contributed by atoms with Gasteiger partial charge in [-0.15, -0.1) is 0 Å². The molecule has 0 aliphatic rings. The molecular weight excluding hydrogens is 252 g/mol. The molecule has 0 unspecified atom stereocenters. The molecule has 1 aromatic carbocycles. The van der Waals surface area contributed by atoms with E-state index in [9.17, 15) is 17.2 Å². The maximum Gasteiger partial charge on any atom is 0.265 e. The zero-order valence-electron chi connectivity index (χ0n) is 9.41. The summed E-state index contributed by atoms with van der Waals surface area (Å²) in [6, 6.07) is 2.20. The Hall–Kier alpha value is -1.05. The summed E-state index contributed by atoms with van der Waals surface area (Å²) in [5, 5.41) is 0. The second-order valence-electron chi connectivity index (χ2n) is 3.87. The second kappa shape index (κ2) is 5.52. The van der Waals surface area contributed by atoms with E-state index in [0.717, 1.165) is 12.1 Å². The van der Waals surface area contributed by atoms with E-state index in [4.69, 9.17) is 4.84 Å². The summed E-state index contributed by atoms with van der Waals surface area (Å²) in [6.07, 6.45) is 0. The number of halogens is 2. The van der Waals surface area contributed by atoms with Crippen LogP contribution in [-0.2, 0) is 14.9 Å². The van der Waals surface area contributed by atoms with Gasteiger partial charge in [-0.3, -0.25) is 4.84 Å². The molecule has 1 aromatic rings. The maximum atomic E-state index is 13.2. The van der Waals surface area contributed by atoms with Crippen LogP contribution in [0, 0.1) is 17.6 Å². The molecule has 0 aromatic heterocycles. The molecule has 96 valence electrons. The van der Waals surface area contributed by atoms with Gasteiger partial charge in [-0.25, -0.2) is 17.2 Å². The van der Waals surface area contributed by atoms with Crippen LogP contribution in [0.15, 0.2) is 23.1 Å². The van der Waals surface area contributed by atoms with Crippen LogP contribution in [0.25, 0.3) is 0 Å². The summed E-state index contributed by atoms with van der Waals surface area (Å²) < 4.78 is 48.9. The van der Waals surface area contributed by atoms with Crippen molar-refractivity contribution in [1.29, 1.82) is 0 Å². The topological polar surface area (TPSA) is 55.4 Å². The van der Waals surface area contributed by atoms with Gasteiger partial charge in [0.25, 0.3) is 10.0 Å². The largest absolute Gasteiger partial charge is 0.287 e. The Bertz CT molecular complexity index is 488. The normalized spacial score (nSPS) is 12.1. The Morgan fingerprint density at radius 1 is 1.35 bits per heavy atom. The SMILES string of the molecule is CC(C)CONS(=O)(=O)c1ccc(F)cc1F. The molecule has 0 atom stereocenters. The van der Waals surface area contributed by atoms with Gasteiger partial charge in [-0.1, -0.05) is 18.7 Å². The summed E-state index contributed by atoms with van der Waals surface area (Å²) in [5.41, 5.74) is 0. The molecule has 17 heavy (non-hydrogen) atoms. The van der Waals surface area contributed by atoms with Crippen molar-refractivity contribution < 1.29 is 22.0 Å². The highest BCUT2D eigenvalue weighted by atomic mass is 32.2. The summed E-state index contributed by atoms with van der Waals surface area (Å²) >= 11 is 0. The number of hydrogen-bond donors (Lipinski definition) is 1. The standard InChI is InChI=1S/C10H13F2NO3S/c1-7(2)6-16-13-17(14,15)10-4-3-8(11)5-9(10)12/h3-5,7,13H,6H2,1-2H3.